The summed E-state index contributed by atoms with van der Waals surface area (Å²) in [6.07, 6.45) is 7.03. The van der Waals surface area contributed by atoms with Crippen molar-refractivity contribution in [3.05, 3.63) is 12.2 Å². The molecule has 0 heterocycles. The number of carboxylic acids is 1. The Labute approximate surface area is 79.6 Å². The van der Waals surface area contributed by atoms with Gasteiger partial charge in [0.2, 0.25) is 0 Å². The van der Waals surface area contributed by atoms with Crippen LogP contribution in [0.25, 0.3) is 0 Å². The second-order valence-corrected chi connectivity index (χ2v) is 4.24. The van der Waals surface area contributed by atoms with Gasteiger partial charge in [-0.05, 0) is 31.1 Å². The van der Waals surface area contributed by atoms with Gasteiger partial charge in [-0.15, -0.1) is 0 Å². The van der Waals surface area contributed by atoms with Gasteiger partial charge in [0.05, 0.1) is 5.92 Å². The molecule has 0 aromatic rings. The van der Waals surface area contributed by atoms with Gasteiger partial charge in [-0.1, -0.05) is 26.0 Å². The summed E-state index contributed by atoms with van der Waals surface area (Å²) in [5.74, 6) is -0.0565. The third-order valence-corrected chi connectivity index (χ3v) is 2.61. The average molecular weight is 182 g/mol. The molecule has 1 aliphatic rings. The van der Waals surface area contributed by atoms with E-state index in [0.717, 1.165) is 19.3 Å². The Morgan fingerprint density at radius 2 is 2.31 bits per heavy atom. The monoisotopic (exact) mass is 182 g/mol. The molecule has 1 N–H and O–H groups in total. The molecular weight excluding hydrogens is 164 g/mol. The molecule has 0 radical (unpaired) electrons. The number of hydrogen-bond donors (Lipinski definition) is 1. The summed E-state index contributed by atoms with van der Waals surface area (Å²) < 4.78 is 0. The van der Waals surface area contributed by atoms with Crippen LogP contribution >= 0.6 is 0 Å². The van der Waals surface area contributed by atoms with Crippen LogP contribution in [0.2, 0.25) is 0 Å². The van der Waals surface area contributed by atoms with E-state index in [2.05, 4.69) is 26.0 Å². The van der Waals surface area contributed by atoms with Crippen LogP contribution in [0.5, 0.6) is 0 Å². The minimum atomic E-state index is -0.634. The molecule has 0 aliphatic heterocycles. The van der Waals surface area contributed by atoms with Crippen molar-refractivity contribution in [3.63, 3.8) is 0 Å². The second kappa shape index (κ2) is 4.45. The Morgan fingerprint density at radius 3 is 2.69 bits per heavy atom. The Hall–Kier alpha value is -0.790. The van der Waals surface area contributed by atoms with E-state index in [1.807, 2.05) is 0 Å². The highest BCUT2D eigenvalue weighted by atomic mass is 16.4. The number of carbonyl (C=O) groups is 1. The van der Waals surface area contributed by atoms with Crippen molar-refractivity contribution in [2.45, 2.75) is 33.1 Å². The Kier molecular flexibility index (Phi) is 3.52. The minimum Gasteiger partial charge on any atom is -0.481 e. The van der Waals surface area contributed by atoms with E-state index in [4.69, 9.17) is 5.11 Å². The highest BCUT2D eigenvalue weighted by molar-refractivity contribution is 5.70. The van der Waals surface area contributed by atoms with E-state index in [-0.39, 0.29) is 11.8 Å². The fourth-order valence-corrected chi connectivity index (χ4v) is 1.96. The molecule has 2 atom stereocenters. The lowest BCUT2D eigenvalue weighted by molar-refractivity contribution is -0.143. The first-order valence-electron chi connectivity index (χ1n) is 5.00. The first-order valence-corrected chi connectivity index (χ1v) is 5.00. The van der Waals surface area contributed by atoms with Crippen LogP contribution in [0.1, 0.15) is 33.1 Å². The lowest BCUT2D eigenvalue weighted by atomic mass is 9.85. The van der Waals surface area contributed by atoms with E-state index in [1.54, 1.807) is 0 Å². The minimum absolute atomic E-state index is 0.168. The molecule has 0 saturated carbocycles. The maximum Gasteiger partial charge on any atom is 0.307 e. The fraction of sp³-hybridized carbons (Fsp3) is 0.727. The maximum atomic E-state index is 11.0. The summed E-state index contributed by atoms with van der Waals surface area (Å²) in [7, 11) is 0. The Morgan fingerprint density at radius 1 is 1.62 bits per heavy atom. The molecule has 1 rings (SSSR count). The van der Waals surface area contributed by atoms with E-state index in [9.17, 15) is 4.79 Å². The largest absolute Gasteiger partial charge is 0.481 e. The van der Waals surface area contributed by atoms with Crippen LogP contribution in [0, 0.1) is 17.8 Å². The van der Waals surface area contributed by atoms with E-state index < -0.39 is 5.97 Å². The zero-order chi connectivity index (χ0) is 9.84. The third kappa shape index (κ3) is 2.87. The molecule has 1 aliphatic carbocycles. The molecule has 2 unspecified atom stereocenters. The summed E-state index contributed by atoms with van der Waals surface area (Å²) in [4.78, 5) is 11.0. The highest BCUT2D eigenvalue weighted by Crippen LogP contribution is 2.29. The normalized spacial score (nSPS) is 23.8. The van der Waals surface area contributed by atoms with Gasteiger partial charge in [-0.2, -0.15) is 0 Å². The lowest BCUT2D eigenvalue weighted by Crippen LogP contribution is -2.22. The molecule has 74 valence electrons. The van der Waals surface area contributed by atoms with Crippen molar-refractivity contribution in [2.24, 2.45) is 17.8 Å². The van der Waals surface area contributed by atoms with Crippen molar-refractivity contribution >= 4 is 5.97 Å². The van der Waals surface area contributed by atoms with Crippen LogP contribution in [-0.2, 0) is 4.79 Å². The molecule has 2 nitrogen and oxygen atoms in total. The molecule has 13 heavy (non-hydrogen) atoms. The zero-order valence-corrected chi connectivity index (χ0v) is 8.36. The molecule has 0 bridgehead atoms. The van der Waals surface area contributed by atoms with Gasteiger partial charge in [0.15, 0.2) is 0 Å². The number of rotatable bonds is 4. The summed E-state index contributed by atoms with van der Waals surface area (Å²) in [5.41, 5.74) is 0. The summed E-state index contributed by atoms with van der Waals surface area (Å²) in [6, 6.07) is 0. The molecule has 0 saturated heterocycles. The summed E-state index contributed by atoms with van der Waals surface area (Å²) in [5, 5.41) is 9.05. The van der Waals surface area contributed by atoms with E-state index in [1.165, 1.54) is 0 Å². The average Bonchev–Trinajstić information content (AvgIpc) is 2.50. The molecule has 0 spiro atoms. The topological polar surface area (TPSA) is 37.3 Å². The smallest absolute Gasteiger partial charge is 0.307 e. The molecule has 2 heteroatoms. The van der Waals surface area contributed by atoms with Crippen LogP contribution in [0.4, 0.5) is 0 Å². The molecule has 0 aromatic heterocycles. The fourth-order valence-electron chi connectivity index (χ4n) is 1.96. The zero-order valence-electron chi connectivity index (χ0n) is 8.36. The quantitative estimate of drug-likeness (QED) is 0.679. The predicted octanol–water partition coefficient (Wildman–Crippen LogP) is 2.70. The van der Waals surface area contributed by atoms with Gasteiger partial charge in [0.25, 0.3) is 0 Å². The van der Waals surface area contributed by atoms with Gasteiger partial charge >= 0.3 is 5.97 Å². The summed E-state index contributed by atoms with van der Waals surface area (Å²) in [6.45, 7) is 4.16. The highest BCUT2D eigenvalue weighted by Gasteiger charge is 2.28. The Bertz CT molecular complexity index is 206. The van der Waals surface area contributed by atoms with E-state index >= 15 is 0 Å². The number of carboxylic acid groups (broad SMARTS) is 1. The standard InChI is InChI=1S/C11H18O2/c1-8(2)7-10(11(12)13)9-5-3-4-6-9/h3,5,8-10H,4,6-7H2,1-2H3,(H,12,13). The number of aliphatic carboxylic acids is 1. The van der Waals surface area contributed by atoms with E-state index in [0.29, 0.717) is 5.92 Å². The van der Waals surface area contributed by atoms with Crippen LogP contribution < -0.4 is 0 Å². The van der Waals surface area contributed by atoms with Gasteiger partial charge in [-0.3, -0.25) is 4.79 Å². The van der Waals surface area contributed by atoms with Crippen molar-refractivity contribution in [1.82, 2.24) is 0 Å². The van der Waals surface area contributed by atoms with Crippen LogP contribution in [-0.4, -0.2) is 11.1 Å². The number of allylic oxidation sites excluding steroid dienone is 2. The van der Waals surface area contributed by atoms with Gasteiger partial charge in [-0.25, -0.2) is 0 Å². The van der Waals surface area contributed by atoms with Gasteiger partial charge < -0.3 is 5.11 Å². The van der Waals surface area contributed by atoms with Crippen molar-refractivity contribution in [1.29, 1.82) is 0 Å². The molecule has 0 amide bonds. The van der Waals surface area contributed by atoms with Crippen molar-refractivity contribution in [3.8, 4) is 0 Å². The first-order chi connectivity index (χ1) is 6.11. The van der Waals surface area contributed by atoms with Crippen LogP contribution in [0.15, 0.2) is 12.2 Å². The second-order valence-electron chi connectivity index (χ2n) is 4.24. The molecule has 0 fully saturated rings. The molecular formula is C11H18O2. The lowest BCUT2D eigenvalue weighted by Gasteiger charge is -2.19. The summed E-state index contributed by atoms with van der Waals surface area (Å²) >= 11 is 0. The van der Waals surface area contributed by atoms with Crippen molar-refractivity contribution < 1.29 is 9.90 Å². The van der Waals surface area contributed by atoms with Gasteiger partial charge in [0.1, 0.15) is 0 Å². The molecule has 0 aromatic carbocycles. The Balaban J connectivity index is 2.56. The van der Waals surface area contributed by atoms with Crippen molar-refractivity contribution in [2.75, 3.05) is 0 Å². The van der Waals surface area contributed by atoms with Gasteiger partial charge in [0, 0.05) is 0 Å². The first kappa shape index (κ1) is 10.3. The SMILES string of the molecule is CC(C)CC(C(=O)O)C1C=CCC1. The predicted molar refractivity (Wildman–Crippen MR) is 52.4 cm³/mol. The maximum absolute atomic E-state index is 11.0. The number of hydrogen-bond acceptors (Lipinski definition) is 1. The third-order valence-electron chi connectivity index (χ3n) is 2.61. The van der Waals surface area contributed by atoms with Crippen LogP contribution in [0.3, 0.4) is 0 Å².